The van der Waals surface area contributed by atoms with Gasteiger partial charge in [-0.1, -0.05) is 12.8 Å². The highest BCUT2D eigenvalue weighted by Gasteiger charge is 2.59. The summed E-state index contributed by atoms with van der Waals surface area (Å²) in [6, 6.07) is 0. The van der Waals surface area contributed by atoms with Gasteiger partial charge in [0.15, 0.2) is 0 Å². The van der Waals surface area contributed by atoms with Crippen molar-refractivity contribution in [3.05, 3.63) is 0 Å². The Bertz CT molecular complexity index is 307. The highest BCUT2D eigenvalue weighted by atomic mass is 16.4. The largest absolute Gasteiger partial charge is 0.480 e. The molecule has 1 N–H and O–H groups in total. The van der Waals surface area contributed by atoms with Crippen molar-refractivity contribution in [2.75, 3.05) is 13.1 Å². The van der Waals surface area contributed by atoms with Crippen LogP contribution in [0.15, 0.2) is 0 Å². The third-order valence-corrected chi connectivity index (χ3v) is 4.11. The molecule has 0 bridgehead atoms. The van der Waals surface area contributed by atoms with Crippen molar-refractivity contribution in [3.63, 3.8) is 0 Å². The van der Waals surface area contributed by atoms with E-state index in [4.69, 9.17) is 5.11 Å². The van der Waals surface area contributed by atoms with Gasteiger partial charge < -0.3 is 10.0 Å². The molecule has 2 fully saturated rings. The molecule has 2 rings (SSSR count). The van der Waals surface area contributed by atoms with Crippen LogP contribution in [0.25, 0.3) is 0 Å². The van der Waals surface area contributed by atoms with E-state index in [0.717, 1.165) is 19.3 Å². The summed E-state index contributed by atoms with van der Waals surface area (Å²) in [5, 5.41) is 8.73. The number of hydrogen-bond acceptors (Lipinski definition) is 2. The second kappa shape index (κ2) is 4.07. The quantitative estimate of drug-likeness (QED) is 0.788. The average molecular weight is 225 g/mol. The molecule has 2 saturated carbocycles. The van der Waals surface area contributed by atoms with Gasteiger partial charge in [0.1, 0.15) is 6.54 Å². The Balaban J connectivity index is 1.94. The standard InChI is InChI=1S/C12H19NO3/c1-2-13(8-10(14)15)11(16)9-7-12(9)5-3-4-6-12/h9H,2-8H2,1H3,(H,14,15). The summed E-state index contributed by atoms with van der Waals surface area (Å²) in [4.78, 5) is 24.2. The lowest BCUT2D eigenvalue weighted by atomic mass is 10.0. The van der Waals surface area contributed by atoms with Crippen LogP contribution in [0, 0.1) is 11.3 Å². The van der Waals surface area contributed by atoms with Gasteiger partial charge in [0.05, 0.1) is 0 Å². The van der Waals surface area contributed by atoms with Crippen LogP contribution in [0.2, 0.25) is 0 Å². The Labute approximate surface area is 95.6 Å². The van der Waals surface area contributed by atoms with Crippen molar-refractivity contribution in [3.8, 4) is 0 Å². The highest BCUT2D eigenvalue weighted by Crippen LogP contribution is 2.63. The van der Waals surface area contributed by atoms with Crippen LogP contribution >= 0.6 is 0 Å². The van der Waals surface area contributed by atoms with Crippen LogP contribution in [-0.4, -0.2) is 35.0 Å². The zero-order valence-electron chi connectivity index (χ0n) is 9.74. The number of likely N-dealkylation sites (N-methyl/N-ethyl adjacent to an activating group) is 1. The number of carboxylic acid groups (broad SMARTS) is 1. The molecular formula is C12H19NO3. The summed E-state index contributed by atoms with van der Waals surface area (Å²) in [6.45, 7) is 2.18. The van der Waals surface area contributed by atoms with Gasteiger partial charge in [-0.15, -0.1) is 0 Å². The molecule has 0 aromatic rings. The number of hydrogen-bond donors (Lipinski definition) is 1. The molecule has 0 saturated heterocycles. The molecule has 1 spiro atoms. The van der Waals surface area contributed by atoms with Crippen LogP contribution in [0.4, 0.5) is 0 Å². The minimum atomic E-state index is -0.920. The van der Waals surface area contributed by atoms with Gasteiger partial charge in [-0.05, 0) is 31.6 Å². The molecular weight excluding hydrogens is 206 g/mol. The summed E-state index contributed by atoms with van der Waals surface area (Å²) >= 11 is 0. The third kappa shape index (κ3) is 1.93. The van der Waals surface area contributed by atoms with E-state index in [1.54, 1.807) is 0 Å². The minimum absolute atomic E-state index is 0.0619. The summed E-state index contributed by atoms with van der Waals surface area (Å²) < 4.78 is 0. The van der Waals surface area contributed by atoms with Crippen LogP contribution in [0.3, 0.4) is 0 Å². The maximum Gasteiger partial charge on any atom is 0.323 e. The Hall–Kier alpha value is -1.06. The highest BCUT2D eigenvalue weighted by molar-refractivity contribution is 5.86. The van der Waals surface area contributed by atoms with Crippen LogP contribution in [0.5, 0.6) is 0 Å². The number of nitrogens with zero attached hydrogens (tertiary/aromatic N) is 1. The number of carbonyl (C=O) groups excluding carboxylic acids is 1. The SMILES string of the molecule is CCN(CC(=O)O)C(=O)C1CC12CCCC2. The zero-order valence-corrected chi connectivity index (χ0v) is 9.74. The van der Waals surface area contributed by atoms with E-state index < -0.39 is 5.97 Å². The fourth-order valence-electron chi connectivity index (χ4n) is 3.06. The van der Waals surface area contributed by atoms with Gasteiger partial charge in [-0.2, -0.15) is 0 Å². The van der Waals surface area contributed by atoms with Gasteiger partial charge in [-0.25, -0.2) is 0 Å². The van der Waals surface area contributed by atoms with E-state index in [2.05, 4.69) is 0 Å². The zero-order chi connectivity index (χ0) is 11.8. The summed E-state index contributed by atoms with van der Waals surface area (Å²) in [5.74, 6) is -0.738. The second-order valence-corrected chi connectivity index (χ2v) is 5.07. The fourth-order valence-corrected chi connectivity index (χ4v) is 3.06. The van der Waals surface area contributed by atoms with Crippen molar-refractivity contribution in [2.24, 2.45) is 11.3 Å². The molecule has 0 aliphatic heterocycles. The van der Waals surface area contributed by atoms with Crippen molar-refractivity contribution in [1.29, 1.82) is 0 Å². The van der Waals surface area contributed by atoms with E-state index in [-0.39, 0.29) is 23.8 Å². The smallest absolute Gasteiger partial charge is 0.323 e. The third-order valence-electron chi connectivity index (χ3n) is 4.11. The molecule has 0 heterocycles. The first-order valence-corrected chi connectivity index (χ1v) is 6.09. The lowest BCUT2D eigenvalue weighted by Gasteiger charge is -2.20. The second-order valence-electron chi connectivity index (χ2n) is 5.07. The predicted molar refractivity (Wildman–Crippen MR) is 58.9 cm³/mol. The lowest BCUT2D eigenvalue weighted by molar-refractivity contribution is -0.145. The van der Waals surface area contributed by atoms with Crippen LogP contribution in [0.1, 0.15) is 39.0 Å². The van der Waals surface area contributed by atoms with E-state index >= 15 is 0 Å². The molecule has 0 aromatic heterocycles. The average Bonchev–Trinajstić information content (AvgIpc) is 2.72. The molecule has 4 nitrogen and oxygen atoms in total. The lowest BCUT2D eigenvalue weighted by Crippen LogP contribution is -2.37. The van der Waals surface area contributed by atoms with Gasteiger partial charge in [0.2, 0.25) is 5.91 Å². The topological polar surface area (TPSA) is 57.6 Å². The number of amides is 1. The van der Waals surface area contributed by atoms with Crippen LogP contribution < -0.4 is 0 Å². The fraction of sp³-hybridized carbons (Fsp3) is 0.833. The van der Waals surface area contributed by atoms with Crippen molar-refractivity contribution in [2.45, 2.75) is 39.0 Å². The summed E-state index contributed by atoms with van der Waals surface area (Å²) in [7, 11) is 0. The number of carboxylic acids is 1. The Morgan fingerprint density at radius 2 is 2.00 bits per heavy atom. The molecule has 90 valence electrons. The summed E-state index contributed by atoms with van der Waals surface area (Å²) in [5.41, 5.74) is 0.267. The van der Waals surface area contributed by atoms with E-state index in [9.17, 15) is 9.59 Å². The monoisotopic (exact) mass is 225 g/mol. The first-order chi connectivity index (χ1) is 7.59. The van der Waals surface area contributed by atoms with Gasteiger partial charge in [0, 0.05) is 12.5 Å². The molecule has 2 aliphatic carbocycles. The van der Waals surface area contributed by atoms with E-state index in [1.807, 2.05) is 6.92 Å². The minimum Gasteiger partial charge on any atom is -0.480 e. The van der Waals surface area contributed by atoms with E-state index in [0.29, 0.717) is 6.54 Å². The molecule has 1 unspecified atom stereocenters. The van der Waals surface area contributed by atoms with Crippen molar-refractivity contribution in [1.82, 2.24) is 4.90 Å². The Kier molecular flexibility index (Phi) is 2.91. The van der Waals surface area contributed by atoms with E-state index in [1.165, 1.54) is 17.7 Å². The number of rotatable bonds is 4. The van der Waals surface area contributed by atoms with Crippen LogP contribution in [-0.2, 0) is 9.59 Å². The predicted octanol–water partition coefficient (Wildman–Crippen LogP) is 1.50. The van der Waals surface area contributed by atoms with Crippen molar-refractivity contribution < 1.29 is 14.7 Å². The molecule has 2 aliphatic rings. The Morgan fingerprint density at radius 3 is 2.50 bits per heavy atom. The molecule has 1 amide bonds. The first-order valence-electron chi connectivity index (χ1n) is 6.09. The summed E-state index contributed by atoms with van der Waals surface area (Å²) in [6.07, 6.45) is 5.77. The van der Waals surface area contributed by atoms with Gasteiger partial charge >= 0.3 is 5.97 Å². The normalized spacial score (nSPS) is 25.7. The number of carbonyl (C=O) groups is 2. The maximum absolute atomic E-state index is 12.1. The first kappa shape index (κ1) is 11.4. The molecule has 0 radical (unpaired) electrons. The van der Waals surface area contributed by atoms with Crippen molar-refractivity contribution >= 4 is 11.9 Å². The maximum atomic E-state index is 12.1. The molecule has 1 atom stereocenters. The Morgan fingerprint density at radius 1 is 1.38 bits per heavy atom. The molecule has 16 heavy (non-hydrogen) atoms. The molecule has 4 heteroatoms. The van der Waals surface area contributed by atoms with Gasteiger partial charge in [-0.3, -0.25) is 9.59 Å². The molecule has 0 aromatic carbocycles. The van der Waals surface area contributed by atoms with Gasteiger partial charge in [0.25, 0.3) is 0 Å². The number of aliphatic carboxylic acids is 1.